The summed E-state index contributed by atoms with van der Waals surface area (Å²) in [5.74, 6) is 0.0321. The van der Waals surface area contributed by atoms with Crippen molar-refractivity contribution in [2.24, 2.45) is 0 Å². The number of aliphatic hydroxyl groups excluding tert-OH is 1. The van der Waals surface area contributed by atoms with Crippen LogP contribution in [0, 0.1) is 0 Å². The van der Waals surface area contributed by atoms with Gasteiger partial charge in [0.25, 0.3) is 0 Å². The maximum Gasteiger partial charge on any atom is 0.227 e. The molecule has 1 aliphatic heterocycles. The second-order valence-electron chi connectivity index (χ2n) is 7.27. The molecule has 2 amide bonds. The number of benzene rings is 2. The monoisotopic (exact) mass is 381 g/mol. The zero-order valence-corrected chi connectivity index (χ0v) is 16.1. The zero-order chi connectivity index (χ0) is 19.9. The third-order valence-corrected chi connectivity index (χ3v) is 5.26. The number of likely N-dealkylation sites (tertiary alicyclic amines) is 1. The minimum Gasteiger partial charge on any atom is -0.392 e. The topological polar surface area (TPSA) is 72.9 Å². The summed E-state index contributed by atoms with van der Waals surface area (Å²) >= 11 is 0. The lowest BCUT2D eigenvalue weighted by Gasteiger charge is -2.32. The quantitative estimate of drug-likeness (QED) is 0.687. The molecule has 1 unspecified atom stereocenters. The number of hydrogen-bond acceptors (Lipinski definition) is 4. The summed E-state index contributed by atoms with van der Waals surface area (Å²) in [4.78, 5) is 27.5. The highest BCUT2D eigenvalue weighted by molar-refractivity contribution is 5.79. The molecular formula is C22H27N3O3. The first kappa shape index (κ1) is 20.0. The van der Waals surface area contributed by atoms with E-state index < -0.39 is 0 Å². The fraction of sp³-hybridized carbons (Fsp3) is 0.364. The molecule has 28 heavy (non-hydrogen) atoms. The molecule has 2 atom stereocenters. The first-order valence-electron chi connectivity index (χ1n) is 9.57. The summed E-state index contributed by atoms with van der Waals surface area (Å²) in [7, 11) is 1.84. The molecule has 2 N–H and O–H groups in total. The number of likely N-dealkylation sites (N-methyl/N-ethyl adjacent to an activating group) is 1. The van der Waals surface area contributed by atoms with Crippen LogP contribution >= 0.6 is 0 Å². The van der Waals surface area contributed by atoms with E-state index in [0.29, 0.717) is 31.6 Å². The van der Waals surface area contributed by atoms with E-state index in [1.54, 1.807) is 17.0 Å². The van der Waals surface area contributed by atoms with Gasteiger partial charge in [0.2, 0.25) is 12.3 Å². The minimum atomic E-state index is -0.282. The molecule has 2 aromatic carbocycles. The average Bonchev–Trinajstić information content (AvgIpc) is 3.13. The standard InChI is InChI=1S/C22H27N3O3/c1-24(22(28)13-17-7-9-19(10-8-17)23-16-26)21(18-5-3-2-4-6-18)15-25-12-11-20(27)14-25/h2-10,16,20-21,27H,11-15H2,1H3,(H,23,26)/t20?,21-/m0/s1. The van der Waals surface area contributed by atoms with Gasteiger partial charge >= 0.3 is 0 Å². The number of β-amino-alcohol motifs (C(OH)–C–C–N with tert-alkyl or cyclic N) is 1. The van der Waals surface area contributed by atoms with Gasteiger partial charge in [0, 0.05) is 32.4 Å². The third-order valence-electron chi connectivity index (χ3n) is 5.26. The molecule has 6 nitrogen and oxygen atoms in total. The van der Waals surface area contributed by atoms with E-state index in [9.17, 15) is 14.7 Å². The molecule has 0 saturated carbocycles. The van der Waals surface area contributed by atoms with Crippen LogP contribution in [0.1, 0.15) is 23.6 Å². The number of hydrogen-bond donors (Lipinski definition) is 2. The Kier molecular flexibility index (Phi) is 6.79. The van der Waals surface area contributed by atoms with Crippen molar-refractivity contribution in [3.63, 3.8) is 0 Å². The van der Waals surface area contributed by atoms with Crippen LogP contribution in [0.2, 0.25) is 0 Å². The Bertz CT molecular complexity index is 779. The van der Waals surface area contributed by atoms with Gasteiger partial charge in [-0.2, -0.15) is 0 Å². The highest BCUT2D eigenvalue weighted by atomic mass is 16.3. The Hall–Kier alpha value is -2.70. The lowest BCUT2D eigenvalue weighted by Crippen LogP contribution is -2.39. The Morgan fingerprint density at radius 1 is 1.25 bits per heavy atom. The first-order valence-corrected chi connectivity index (χ1v) is 9.57. The van der Waals surface area contributed by atoms with Crippen molar-refractivity contribution in [1.29, 1.82) is 0 Å². The van der Waals surface area contributed by atoms with Crippen LogP contribution in [0.3, 0.4) is 0 Å². The Labute approximate surface area is 165 Å². The molecule has 0 bridgehead atoms. The van der Waals surface area contributed by atoms with Crippen molar-refractivity contribution in [3.05, 3.63) is 65.7 Å². The normalized spacial score (nSPS) is 17.9. The predicted octanol–water partition coefficient (Wildman–Crippen LogP) is 2.06. The van der Waals surface area contributed by atoms with Gasteiger partial charge in [-0.3, -0.25) is 14.5 Å². The highest BCUT2D eigenvalue weighted by Crippen LogP contribution is 2.24. The van der Waals surface area contributed by atoms with Gasteiger partial charge in [-0.1, -0.05) is 42.5 Å². The van der Waals surface area contributed by atoms with E-state index in [4.69, 9.17) is 0 Å². The molecular weight excluding hydrogens is 354 g/mol. The number of aliphatic hydroxyl groups is 1. The summed E-state index contributed by atoms with van der Waals surface area (Å²) < 4.78 is 0. The molecule has 0 radical (unpaired) electrons. The molecule has 0 spiro atoms. The van der Waals surface area contributed by atoms with Gasteiger partial charge < -0.3 is 15.3 Å². The summed E-state index contributed by atoms with van der Waals surface area (Å²) in [6.07, 6.45) is 1.42. The molecule has 0 aromatic heterocycles. The van der Waals surface area contributed by atoms with Crippen LogP contribution in [0.5, 0.6) is 0 Å². The van der Waals surface area contributed by atoms with Gasteiger partial charge in [0.15, 0.2) is 0 Å². The van der Waals surface area contributed by atoms with Crippen molar-refractivity contribution >= 4 is 18.0 Å². The molecule has 1 heterocycles. The van der Waals surface area contributed by atoms with Gasteiger partial charge in [-0.05, 0) is 29.7 Å². The van der Waals surface area contributed by atoms with Gasteiger partial charge in [-0.25, -0.2) is 0 Å². The van der Waals surface area contributed by atoms with Crippen LogP contribution in [0.4, 0.5) is 5.69 Å². The summed E-state index contributed by atoms with van der Waals surface area (Å²) in [5, 5.41) is 12.4. The van der Waals surface area contributed by atoms with Crippen molar-refractivity contribution in [1.82, 2.24) is 9.80 Å². The smallest absolute Gasteiger partial charge is 0.227 e. The van der Waals surface area contributed by atoms with Crippen molar-refractivity contribution in [3.8, 4) is 0 Å². The van der Waals surface area contributed by atoms with E-state index in [0.717, 1.165) is 24.1 Å². The average molecular weight is 381 g/mol. The molecule has 148 valence electrons. The zero-order valence-electron chi connectivity index (χ0n) is 16.1. The third kappa shape index (κ3) is 5.18. The highest BCUT2D eigenvalue weighted by Gasteiger charge is 2.28. The molecule has 2 aromatic rings. The lowest BCUT2D eigenvalue weighted by atomic mass is 10.0. The summed E-state index contributed by atoms with van der Waals surface area (Å²) in [6.45, 7) is 2.19. The van der Waals surface area contributed by atoms with Crippen LogP contribution in [-0.4, -0.2) is 60.0 Å². The van der Waals surface area contributed by atoms with Crippen LogP contribution < -0.4 is 5.32 Å². The Morgan fingerprint density at radius 3 is 2.57 bits per heavy atom. The van der Waals surface area contributed by atoms with Crippen LogP contribution in [0.15, 0.2) is 54.6 Å². The fourth-order valence-electron chi connectivity index (χ4n) is 3.61. The Morgan fingerprint density at radius 2 is 1.96 bits per heavy atom. The summed E-state index contributed by atoms with van der Waals surface area (Å²) in [6, 6.07) is 17.2. The number of rotatable bonds is 8. The number of nitrogens with one attached hydrogen (secondary N) is 1. The predicted molar refractivity (Wildman–Crippen MR) is 109 cm³/mol. The minimum absolute atomic E-state index is 0.0321. The maximum atomic E-state index is 13.0. The molecule has 1 aliphatic rings. The number of anilines is 1. The number of carbonyl (C=O) groups is 2. The van der Waals surface area contributed by atoms with Gasteiger partial charge in [0.05, 0.1) is 18.6 Å². The number of amides is 2. The summed E-state index contributed by atoms with van der Waals surface area (Å²) in [5.41, 5.74) is 2.69. The SMILES string of the molecule is CN(C(=O)Cc1ccc(NC=O)cc1)[C@@H](CN1CCC(O)C1)c1ccccc1. The van der Waals surface area contributed by atoms with E-state index in [1.807, 2.05) is 49.5 Å². The van der Waals surface area contributed by atoms with Crippen molar-refractivity contribution < 1.29 is 14.7 Å². The number of nitrogens with zero attached hydrogens (tertiary/aromatic N) is 2. The van der Waals surface area contributed by atoms with E-state index in [1.165, 1.54) is 0 Å². The number of carbonyl (C=O) groups excluding carboxylic acids is 2. The van der Waals surface area contributed by atoms with E-state index in [2.05, 4.69) is 10.2 Å². The largest absolute Gasteiger partial charge is 0.392 e. The fourth-order valence-corrected chi connectivity index (χ4v) is 3.61. The van der Waals surface area contributed by atoms with Gasteiger partial charge in [0.1, 0.15) is 0 Å². The van der Waals surface area contributed by atoms with E-state index >= 15 is 0 Å². The molecule has 3 rings (SSSR count). The molecule has 6 heteroatoms. The van der Waals surface area contributed by atoms with Gasteiger partial charge in [-0.15, -0.1) is 0 Å². The first-order chi connectivity index (χ1) is 13.6. The molecule has 1 fully saturated rings. The molecule has 0 aliphatic carbocycles. The van der Waals surface area contributed by atoms with Crippen LogP contribution in [0.25, 0.3) is 0 Å². The van der Waals surface area contributed by atoms with E-state index in [-0.39, 0.29) is 18.1 Å². The van der Waals surface area contributed by atoms with Crippen molar-refractivity contribution in [2.75, 3.05) is 32.0 Å². The lowest BCUT2D eigenvalue weighted by molar-refractivity contribution is -0.131. The van der Waals surface area contributed by atoms with Crippen molar-refractivity contribution in [2.45, 2.75) is 25.0 Å². The Balaban J connectivity index is 1.71. The molecule has 1 saturated heterocycles. The van der Waals surface area contributed by atoms with Crippen LogP contribution in [-0.2, 0) is 16.0 Å². The second kappa shape index (κ2) is 9.48. The maximum absolute atomic E-state index is 13.0. The second-order valence-corrected chi connectivity index (χ2v) is 7.27.